The summed E-state index contributed by atoms with van der Waals surface area (Å²) in [5.41, 5.74) is 1.64. The maximum atomic E-state index is 13.6. The highest BCUT2D eigenvalue weighted by atomic mass is 16.6. The van der Waals surface area contributed by atoms with Crippen LogP contribution in [0.4, 0.5) is 5.69 Å². The van der Waals surface area contributed by atoms with Crippen LogP contribution in [0.3, 0.4) is 0 Å². The molecular weight excluding hydrogens is 444 g/mol. The molecule has 0 unspecified atom stereocenters. The monoisotopic (exact) mass is 472 g/mol. The van der Waals surface area contributed by atoms with Crippen LogP contribution in [0.2, 0.25) is 0 Å². The van der Waals surface area contributed by atoms with Crippen LogP contribution < -0.4 is 5.32 Å². The summed E-state index contributed by atoms with van der Waals surface area (Å²) >= 11 is 0. The van der Waals surface area contributed by atoms with Crippen molar-refractivity contribution in [3.63, 3.8) is 0 Å². The lowest BCUT2D eigenvalue weighted by Crippen LogP contribution is -2.43. The molecule has 0 fully saturated rings. The third-order valence-corrected chi connectivity index (χ3v) is 6.04. The van der Waals surface area contributed by atoms with E-state index >= 15 is 0 Å². The SMILES string of the molecule is CCOCCOC(=O)C1=C(C)NC2=C(C(=O)[C@H](C(=O)OC)[C@H](C)C2)[C@@H]1c1cccc([N+](=O)[O-])c1. The van der Waals surface area contributed by atoms with E-state index in [0.717, 1.165) is 0 Å². The molecular formula is C24H28N2O8. The van der Waals surface area contributed by atoms with E-state index in [-0.39, 0.29) is 36.0 Å². The molecule has 0 aromatic heterocycles. The third-order valence-electron chi connectivity index (χ3n) is 6.04. The number of nitro groups is 1. The number of rotatable bonds is 8. The van der Waals surface area contributed by atoms with Gasteiger partial charge < -0.3 is 19.5 Å². The fourth-order valence-corrected chi connectivity index (χ4v) is 4.52. The maximum Gasteiger partial charge on any atom is 0.336 e. The number of nitro benzene ring substituents is 1. The smallest absolute Gasteiger partial charge is 0.336 e. The predicted molar refractivity (Wildman–Crippen MR) is 120 cm³/mol. The number of ether oxygens (including phenoxy) is 3. The largest absolute Gasteiger partial charge is 0.468 e. The summed E-state index contributed by atoms with van der Waals surface area (Å²) in [6.45, 7) is 5.97. The van der Waals surface area contributed by atoms with E-state index < -0.39 is 34.5 Å². The molecule has 2 aliphatic rings. The molecule has 0 saturated heterocycles. The van der Waals surface area contributed by atoms with Crippen molar-refractivity contribution in [1.82, 2.24) is 5.32 Å². The number of dihydropyridines is 1. The first-order valence-electron chi connectivity index (χ1n) is 11.0. The zero-order chi connectivity index (χ0) is 25.0. The standard InChI is InChI=1S/C24H28N2O8/c1-5-33-9-10-34-24(29)19-14(3)25-17-11-13(2)18(23(28)32-4)22(27)21(17)20(19)15-7-6-8-16(12-15)26(30)31/h6-8,12-13,18,20,25H,5,9-11H2,1-4H3/t13-,18-,20-/m1/s1. The molecule has 1 aromatic rings. The Labute approximate surface area is 197 Å². The van der Waals surface area contributed by atoms with E-state index in [0.29, 0.717) is 30.0 Å². The minimum Gasteiger partial charge on any atom is -0.468 e. The number of nitrogens with one attached hydrogen (secondary N) is 1. The van der Waals surface area contributed by atoms with E-state index in [1.807, 2.05) is 6.92 Å². The maximum absolute atomic E-state index is 13.6. The van der Waals surface area contributed by atoms with Gasteiger partial charge >= 0.3 is 11.9 Å². The number of ketones is 1. The van der Waals surface area contributed by atoms with Crippen molar-refractivity contribution in [3.8, 4) is 0 Å². The first-order valence-corrected chi connectivity index (χ1v) is 11.0. The molecule has 1 N–H and O–H groups in total. The van der Waals surface area contributed by atoms with E-state index in [1.54, 1.807) is 19.9 Å². The van der Waals surface area contributed by atoms with E-state index in [9.17, 15) is 24.5 Å². The number of hydrogen-bond donors (Lipinski definition) is 1. The van der Waals surface area contributed by atoms with Gasteiger partial charge in [-0.2, -0.15) is 0 Å². The van der Waals surface area contributed by atoms with Gasteiger partial charge in [-0.3, -0.25) is 19.7 Å². The van der Waals surface area contributed by atoms with Gasteiger partial charge in [-0.05, 0) is 31.7 Å². The van der Waals surface area contributed by atoms with Gasteiger partial charge in [0.15, 0.2) is 5.78 Å². The van der Waals surface area contributed by atoms with Crippen LogP contribution in [-0.4, -0.2) is 49.6 Å². The first-order chi connectivity index (χ1) is 16.2. The number of non-ortho nitro benzene ring substituents is 1. The van der Waals surface area contributed by atoms with Crippen molar-refractivity contribution in [2.45, 2.75) is 33.1 Å². The molecule has 10 nitrogen and oxygen atoms in total. The lowest BCUT2D eigenvalue weighted by atomic mass is 9.69. The molecule has 0 radical (unpaired) electrons. The molecule has 10 heteroatoms. The van der Waals surface area contributed by atoms with Crippen molar-refractivity contribution in [1.29, 1.82) is 0 Å². The molecule has 0 spiro atoms. The van der Waals surface area contributed by atoms with Crippen LogP contribution in [0.15, 0.2) is 46.8 Å². The van der Waals surface area contributed by atoms with E-state index in [2.05, 4.69) is 5.32 Å². The average molecular weight is 472 g/mol. The van der Waals surface area contributed by atoms with Gasteiger partial charge in [-0.25, -0.2) is 4.79 Å². The number of benzene rings is 1. The number of carbonyl (C=O) groups is 3. The summed E-state index contributed by atoms with van der Waals surface area (Å²) in [5.74, 6) is -4.12. The Kier molecular flexibility index (Phi) is 7.83. The van der Waals surface area contributed by atoms with Gasteiger partial charge in [0.2, 0.25) is 0 Å². The zero-order valence-electron chi connectivity index (χ0n) is 19.6. The van der Waals surface area contributed by atoms with Gasteiger partial charge in [0, 0.05) is 41.6 Å². The molecule has 0 amide bonds. The zero-order valence-corrected chi connectivity index (χ0v) is 19.6. The highest BCUT2D eigenvalue weighted by Crippen LogP contribution is 2.45. The summed E-state index contributed by atoms with van der Waals surface area (Å²) in [6.07, 6.45) is 0.371. The molecule has 182 valence electrons. The van der Waals surface area contributed by atoms with Crippen LogP contribution >= 0.6 is 0 Å². The van der Waals surface area contributed by atoms with Gasteiger partial charge in [0.25, 0.3) is 5.69 Å². The van der Waals surface area contributed by atoms with Crippen LogP contribution in [-0.2, 0) is 28.6 Å². The Morgan fingerprint density at radius 2 is 2.00 bits per heavy atom. The van der Waals surface area contributed by atoms with E-state index in [4.69, 9.17) is 14.2 Å². The minimum atomic E-state index is -1.04. The molecule has 0 bridgehead atoms. The Morgan fingerprint density at radius 1 is 1.26 bits per heavy atom. The fourth-order valence-electron chi connectivity index (χ4n) is 4.52. The fraction of sp³-hybridized carbons (Fsp3) is 0.458. The minimum absolute atomic E-state index is 0.00673. The number of hydrogen-bond acceptors (Lipinski definition) is 9. The Hall–Kier alpha value is -3.53. The second kappa shape index (κ2) is 10.6. The topological polar surface area (TPSA) is 134 Å². The molecule has 1 aliphatic carbocycles. The number of methoxy groups -OCH3 is 1. The van der Waals surface area contributed by atoms with Crippen LogP contribution in [0, 0.1) is 22.0 Å². The summed E-state index contributed by atoms with van der Waals surface area (Å²) in [7, 11) is 1.22. The average Bonchev–Trinajstić information content (AvgIpc) is 2.80. The highest BCUT2D eigenvalue weighted by Gasteiger charge is 2.47. The molecule has 34 heavy (non-hydrogen) atoms. The number of carbonyl (C=O) groups excluding carboxylic acids is 3. The Balaban J connectivity index is 2.12. The number of allylic oxidation sites excluding steroid dienone is 3. The van der Waals surface area contributed by atoms with Crippen LogP contribution in [0.1, 0.15) is 38.7 Å². The molecule has 3 atom stereocenters. The Bertz CT molecular complexity index is 1070. The summed E-state index contributed by atoms with van der Waals surface area (Å²) in [6, 6.07) is 5.78. The normalized spacial score (nSPS) is 22.1. The number of nitrogens with zero attached hydrogens (tertiary/aromatic N) is 1. The lowest BCUT2D eigenvalue weighted by molar-refractivity contribution is -0.384. The van der Waals surface area contributed by atoms with Gasteiger partial charge in [-0.15, -0.1) is 0 Å². The molecule has 1 aromatic carbocycles. The highest BCUT2D eigenvalue weighted by molar-refractivity contribution is 6.12. The van der Waals surface area contributed by atoms with Crippen molar-refractivity contribution >= 4 is 23.4 Å². The Morgan fingerprint density at radius 3 is 2.65 bits per heavy atom. The van der Waals surface area contributed by atoms with Crippen LogP contribution in [0.25, 0.3) is 0 Å². The third kappa shape index (κ3) is 4.86. The molecule has 0 saturated carbocycles. The molecule has 1 heterocycles. The lowest BCUT2D eigenvalue weighted by Gasteiger charge is -2.38. The van der Waals surface area contributed by atoms with Gasteiger partial charge in [-0.1, -0.05) is 19.1 Å². The van der Waals surface area contributed by atoms with Crippen molar-refractivity contribution in [2.75, 3.05) is 26.9 Å². The molecule has 1 aliphatic heterocycles. The van der Waals surface area contributed by atoms with Crippen molar-refractivity contribution < 1.29 is 33.5 Å². The predicted octanol–water partition coefficient (Wildman–Crippen LogP) is 2.79. The summed E-state index contributed by atoms with van der Waals surface area (Å²) < 4.78 is 15.5. The van der Waals surface area contributed by atoms with E-state index in [1.165, 1.54) is 25.3 Å². The summed E-state index contributed by atoms with van der Waals surface area (Å²) in [4.78, 5) is 50.1. The van der Waals surface area contributed by atoms with Gasteiger partial charge in [0.05, 0.1) is 24.2 Å². The van der Waals surface area contributed by atoms with Crippen molar-refractivity contribution in [3.05, 3.63) is 62.5 Å². The first kappa shape index (κ1) is 25.1. The number of esters is 2. The number of Topliss-reactive ketones (excluding diaryl/α,β-unsaturated/α-hetero) is 1. The molecule has 3 rings (SSSR count). The second-order valence-electron chi connectivity index (χ2n) is 8.22. The van der Waals surface area contributed by atoms with Crippen molar-refractivity contribution in [2.24, 2.45) is 11.8 Å². The summed E-state index contributed by atoms with van der Waals surface area (Å²) in [5, 5.41) is 14.6. The van der Waals surface area contributed by atoms with Gasteiger partial charge in [0.1, 0.15) is 12.5 Å². The second-order valence-corrected chi connectivity index (χ2v) is 8.22. The van der Waals surface area contributed by atoms with Crippen LogP contribution in [0.5, 0.6) is 0 Å². The quantitative estimate of drug-likeness (QED) is 0.199.